The maximum Gasteiger partial charge on any atom is 0.268 e. The Morgan fingerprint density at radius 3 is 1.45 bits per heavy atom. The minimum Gasteiger partial charge on any atom is -0.490 e. The standard InChI is InChI=1S/C14H21ClO6S/c1-5-18-10-9-11(19-6-2)13(21-8-4)14(22(15,16)17)12(10)20-7-3/h9H,5-8H2,1-4H3. The van der Waals surface area contributed by atoms with Gasteiger partial charge in [0, 0.05) is 16.7 Å². The first-order valence-corrected chi connectivity index (χ1v) is 9.38. The van der Waals surface area contributed by atoms with Gasteiger partial charge in [-0.25, -0.2) is 8.42 Å². The average molecular weight is 353 g/mol. The van der Waals surface area contributed by atoms with Crippen molar-refractivity contribution >= 4 is 19.7 Å². The van der Waals surface area contributed by atoms with Crippen LogP contribution in [0.15, 0.2) is 11.0 Å². The largest absolute Gasteiger partial charge is 0.490 e. The molecule has 0 aliphatic heterocycles. The van der Waals surface area contributed by atoms with Crippen molar-refractivity contribution in [3.63, 3.8) is 0 Å². The molecule has 0 unspecified atom stereocenters. The molecular formula is C14H21ClO6S. The summed E-state index contributed by atoms with van der Waals surface area (Å²) in [6.07, 6.45) is 0. The van der Waals surface area contributed by atoms with Crippen LogP contribution in [-0.2, 0) is 9.05 Å². The van der Waals surface area contributed by atoms with Gasteiger partial charge in [-0.2, -0.15) is 0 Å². The van der Waals surface area contributed by atoms with Gasteiger partial charge < -0.3 is 18.9 Å². The van der Waals surface area contributed by atoms with Crippen molar-refractivity contribution in [1.82, 2.24) is 0 Å². The molecule has 0 heterocycles. The minimum absolute atomic E-state index is 0.0336. The molecule has 0 aliphatic carbocycles. The lowest BCUT2D eigenvalue weighted by Gasteiger charge is -2.20. The topological polar surface area (TPSA) is 71.1 Å². The van der Waals surface area contributed by atoms with Crippen molar-refractivity contribution in [1.29, 1.82) is 0 Å². The van der Waals surface area contributed by atoms with Gasteiger partial charge in [0.1, 0.15) is 0 Å². The molecule has 0 bridgehead atoms. The van der Waals surface area contributed by atoms with Gasteiger partial charge in [-0.05, 0) is 27.7 Å². The summed E-state index contributed by atoms with van der Waals surface area (Å²) >= 11 is 0. The van der Waals surface area contributed by atoms with Crippen molar-refractivity contribution in [3.8, 4) is 23.0 Å². The summed E-state index contributed by atoms with van der Waals surface area (Å²) in [6.45, 7) is 8.19. The Labute approximate surface area is 135 Å². The van der Waals surface area contributed by atoms with Crippen LogP contribution in [0.4, 0.5) is 0 Å². The second-order valence-electron chi connectivity index (χ2n) is 4.03. The van der Waals surface area contributed by atoms with E-state index in [2.05, 4.69) is 0 Å². The number of rotatable bonds is 9. The molecule has 0 saturated carbocycles. The molecule has 0 aliphatic rings. The van der Waals surface area contributed by atoms with E-state index in [0.29, 0.717) is 13.2 Å². The van der Waals surface area contributed by atoms with Gasteiger partial charge in [0.05, 0.1) is 26.4 Å². The minimum atomic E-state index is -4.13. The molecule has 0 fully saturated rings. The number of hydrogen-bond donors (Lipinski definition) is 0. The van der Waals surface area contributed by atoms with E-state index in [9.17, 15) is 8.42 Å². The van der Waals surface area contributed by atoms with E-state index in [1.807, 2.05) is 0 Å². The zero-order valence-electron chi connectivity index (χ0n) is 13.1. The van der Waals surface area contributed by atoms with Crippen molar-refractivity contribution in [3.05, 3.63) is 6.07 Å². The Balaban J connectivity index is 3.73. The molecule has 126 valence electrons. The average Bonchev–Trinajstić information content (AvgIpc) is 2.42. The van der Waals surface area contributed by atoms with E-state index in [0.717, 1.165) is 0 Å². The molecule has 6 nitrogen and oxygen atoms in total. The van der Waals surface area contributed by atoms with E-state index in [1.54, 1.807) is 33.8 Å². The van der Waals surface area contributed by atoms with E-state index in [4.69, 9.17) is 29.6 Å². The van der Waals surface area contributed by atoms with E-state index in [-0.39, 0.29) is 41.1 Å². The summed E-state index contributed by atoms with van der Waals surface area (Å²) in [5.41, 5.74) is 0. The highest BCUT2D eigenvalue weighted by Crippen LogP contribution is 2.48. The van der Waals surface area contributed by atoms with Crippen LogP contribution in [0.2, 0.25) is 0 Å². The number of ether oxygens (including phenoxy) is 4. The first-order chi connectivity index (χ1) is 10.4. The monoisotopic (exact) mass is 352 g/mol. The van der Waals surface area contributed by atoms with Crippen LogP contribution in [0, 0.1) is 0 Å². The van der Waals surface area contributed by atoms with Crippen LogP contribution < -0.4 is 18.9 Å². The number of benzene rings is 1. The molecule has 0 atom stereocenters. The van der Waals surface area contributed by atoms with E-state index < -0.39 is 9.05 Å². The second-order valence-corrected chi connectivity index (χ2v) is 6.53. The number of halogens is 1. The first kappa shape index (κ1) is 18.7. The Hall–Kier alpha value is -1.34. The summed E-state index contributed by atoms with van der Waals surface area (Å²) in [5.74, 6) is 0.559. The quantitative estimate of drug-likeness (QED) is 0.635. The summed E-state index contributed by atoms with van der Waals surface area (Å²) in [6, 6.07) is 1.55. The lowest BCUT2D eigenvalue weighted by molar-refractivity contribution is 0.254. The van der Waals surface area contributed by atoms with Crippen LogP contribution in [-0.4, -0.2) is 34.8 Å². The maximum absolute atomic E-state index is 12.0. The molecule has 0 aromatic heterocycles. The van der Waals surface area contributed by atoms with Gasteiger partial charge in [0.25, 0.3) is 9.05 Å². The van der Waals surface area contributed by atoms with Crippen molar-refractivity contribution in [2.75, 3.05) is 26.4 Å². The van der Waals surface area contributed by atoms with Crippen molar-refractivity contribution in [2.24, 2.45) is 0 Å². The molecule has 0 amide bonds. The highest BCUT2D eigenvalue weighted by molar-refractivity contribution is 8.14. The summed E-state index contributed by atoms with van der Waals surface area (Å²) in [7, 11) is 1.46. The molecule has 1 aromatic carbocycles. The Bertz CT molecular complexity index is 566. The normalized spacial score (nSPS) is 11.1. The van der Waals surface area contributed by atoms with Crippen LogP contribution in [0.5, 0.6) is 23.0 Å². The third kappa shape index (κ3) is 4.33. The molecule has 0 spiro atoms. The van der Waals surface area contributed by atoms with Gasteiger partial charge in [-0.1, -0.05) is 0 Å². The van der Waals surface area contributed by atoms with Gasteiger partial charge in [0.2, 0.25) is 0 Å². The maximum atomic E-state index is 12.0. The molecular weight excluding hydrogens is 332 g/mol. The van der Waals surface area contributed by atoms with Crippen LogP contribution in [0.3, 0.4) is 0 Å². The van der Waals surface area contributed by atoms with Crippen molar-refractivity contribution < 1.29 is 27.4 Å². The van der Waals surface area contributed by atoms with Crippen LogP contribution in [0.1, 0.15) is 27.7 Å². The van der Waals surface area contributed by atoms with Gasteiger partial charge in [-0.3, -0.25) is 0 Å². The first-order valence-electron chi connectivity index (χ1n) is 7.07. The third-order valence-corrected chi connectivity index (χ3v) is 3.86. The Morgan fingerprint density at radius 2 is 1.18 bits per heavy atom. The predicted octanol–water partition coefficient (Wildman–Crippen LogP) is 3.21. The fourth-order valence-corrected chi connectivity index (χ4v) is 3.07. The van der Waals surface area contributed by atoms with Crippen LogP contribution in [0.25, 0.3) is 0 Å². The molecule has 22 heavy (non-hydrogen) atoms. The zero-order chi connectivity index (χ0) is 16.8. The zero-order valence-corrected chi connectivity index (χ0v) is 14.7. The molecule has 1 aromatic rings. The van der Waals surface area contributed by atoms with Gasteiger partial charge >= 0.3 is 0 Å². The highest BCUT2D eigenvalue weighted by Gasteiger charge is 2.30. The fourth-order valence-electron chi connectivity index (χ4n) is 1.89. The fraction of sp³-hybridized carbons (Fsp3) is 0.571. The highest BCUT2D eigenvalue weighted by atomic mass is 35.7. The molecule has 0 N–H and O–H groups in total. The van der Waals surface area contributed by atoms with Crippen LogP contribution >= 0.6 is 10.7 Å². The smallest absolute Gasteiger partial charge is 0.268 e. The Kier molecular flexibility index (Phi) is 7.09. The lowest BCUT2D eigenvalue weighted by atomic mass is 10.2. The molecule has 0 saturated heterocycles. The number of hydrogen-bond acceptors (Lipinski definition) is 6. The predicted molar refractivity (Wildman–Crippen MR) is 84.2 cm³/mol. The summed E-state index contributed by atoms with van der Waals surface area (Å²) in [5, 5.41) is 0. The summed E-state index contributed by atoms with van der Waals surface area (Å²) in [4.78, 5) is -0.271. The third-order valence-electron chi connectivity index (χ3n) is 2.54. The second kappa shape index (κ2) is 8.33. The molecule has 8 heteroatoms. The van der Waals surface area contributed by atoms with E-state index in [1.165, 1.54) is 0 Å². The Morgan fingerprint density at radius 1 is 0.818 bits per heavy atom. The van der Waals surface area contributed by atoms with E-state index >= 15 is 0 Å². The van der Waals surface area contributed by atoms with Gasteiger partial charge in [0.15, 0.2) is 27.9 Å². The van der Waals surface area contributed by atoms with Crippen molar-refractivity contribution in [2.45, 2.75) is 32.6 Å². The SMILES string of the molecule is CCOc1cc(OCC)c(OCC)c(S(=O)(=O)Cl)c1OCC. The summed E-state index contributed by atoms with van der Waals surface area (Å²) < 4.78 is 45.9. The van der Waals surface area contributed by atoms with Gasteiger partial charge in [-0.15, -0.1) is 0 Å². The lowest BCUT2D eigenvalue weighted by Crippen LogP contribution is -2.09. The molecule has 0 radical (unpaired) electrons. The molecule has 1 rings (SSSR count).